The zero-order chi connectivity index (χ0) is 14.8. The lowest BCUT2D eigenvalue weighted by atomic mass is 10.2. The third-order valence-electron chi connectivity index (χ3n) is 2.95. The number of nitrogens with one attached hydrogen (secondary N) is 1. The average molecular weight is 280 g/mol. The van der Waals surface area contributed by atoms with Gasteiger partial charge in [0.25, 0.3) is 0 Å². The number of anilines is 1. The molecule has 1 aromatic heterocycles. The Morgan fingerprint density at radius 2 is 1.95 bits per heavy atom. The van der Waals surface area contributed by atoms with Gasteiger partial charge < -0.3 is 15.0 Å². The molecule has 0 bridgehead atoms. The SMILES string of the molecule is CCOCCN(CC)c1ncc(CNCC(C)C)cn1. The van der Waals surface area contributed by atoms with Crippen molar-refractivity contribution >= 4 is 5.95 Å². The van der Waals surface area contributed by atoms with E-state index in [2.05, 4.69) is 41.0 Å². The molecule has 1 aromatic rings. The van der Waals surface area contributed by atoms with Crippen molar-refractivity contribution < 1.29 is 4.74 Å². The first kappa shape index (κ1) is 16.9. The van der Waals surface area contributed by atoms with E-state index < -0.39 is 0 Å². The summed E-state index contributed by atoms with van der Waals surface area (Å²) in [6.45, 7) is 13.5. The van der Waals surface area contributed by atoms with Gasteiger partial charge >= 0.3 is 0 Å². The summed E-state index contributed by atoms with van der Waals surface area (Å²) < 4.78 is 5.38. The molecule has 0 radical (unpaired) electrons. The minimum atomic E-state index is 0.657. The lowest BCUT2D eigenvalue weighted by Crippen LogP contribution is -2.29. The molecule has 0 spiro atoms. The second kappa shape index (κ2) is 9.66. The van der Waals surface area contributed by atoms with Crippen LogP contribution in [-0.4, -0.2) is 42.8 Å². The van der Waals surface area contributed by atoms with Crippen LogP contribution >= 0.6 is 0 Å². The molecule has 0 aliphatic carbocycles. The Bertz CT molecular complexity index is 353. The second-order valence-corrected chi connectivity index (χ2v) is 5.19. The lowest BCUT2D eigenvalue weighted by Gasteiger charge is -2.20. The second-order valence-electron chi connectivity index (χ2n) is 5.19. The van der Waals surface area contributed by atoms with Gasteiger partial charge in [-0.1, -0.05) is 13.8 Å². The molecule has 5 nitrogen and oxygen atoms in total. The predicted octanol–water partition coefficient (Wildman–Crippen LogP) is 2.08. The van der Waals surface area contributed by atoms with E-state index in [1.807, 2.05) is 19.3 Å². The summed E-state index contributed by atoms with van der Waals surface area (Å²) in [5.41, 5.74) is 1.12. The Labute approximate surface area is 122 Å². The Morgan fingerprint density at radius 1 is 1.25 bits per heavy atom. The Kier molecular flexibility index (Phi) is 8.14. The average Bonchev–Trinajstić information content (AvgIpc) is 2.44. The van der Waals surface area contributed by atoms with Gasteiger partial charge in [-0.25, -0.2) is 9.97 Å². The Balaban J connectivity index is 2.46. The van der Waals surface area contributed by atoms with Crippen LogP contribution < -0.4 is 10.2 Å². The van der Waals surface area contributed by atoms with Crippen LogP contribution in [0.2, 0.25) is 0 Å². The van der Waals surface area contributed by atoms with Crippen LogP contribution in [0.4, 0.5) is 5.95 Å². The molecule has 1 N–H and O–H groups in total. The van der Waals surface area contributed by atoms with Crippen LogP contribution in [-0.2, 0) is 11.3 Å². The maximum Gasteiger partial charge on any atom is 0.225 e. The molecule has 0 amide bonds. The molecule has 114 valence electrons. The van der Waals surface area contributed by atoms with Gasteiger partial charge in [0.05, 0.1) is 6.61 Å². The van der Waals surface area contributed by atoms with E-state index in [0.717, 1.165) is 44.3 Å². The van der Waals surface area contributed by atoms with Crippen LogP contribution in [0.5, 0.6) is 0 Å². The molecule has 0 fully saturated rings. The van der Waals surface area contributed by atoms with Crippen molar-refractivity contribution in [3.05, 3.63) is 18.0 Å². The summed E-state index contributed by atoms with van der Waals surface area (Å²) in [6, 6.07) is 0. The first-order valence-corrected chi connectivity index (χ1v) is 7.51. The predicted molar refractivity (Wildman–Crippen MR) is 83.0 cm³/mol. The van der Waals surface area contributed by atoms with Gasteiger partial charge in [-0.05, 0) is 26.3 Å². The highest BCUT2D eigenvalue weighted by molar-refractivity contribution is 5.29. The number of aromatic nitrogens is 2. The topological polar surface area (TPSA) is 50.3 Å². The molecule has 0 aliphatic heterocycles. The summed E-state index contributed by atoms with van der Waals surface area (Å²) in [5, 5.41) is 3.39. The fourth-order valence-electron chi connectivity index (χ4n) is 1.83. The first-order chi connectivity index (χ1) is 9.67. The molecular formula is C15H28N4O. The van der Waals surface area contributed by atoms with Crippen LogP contribution in [0.25, 0.3) is 0 Å². The molecule has 1 heterocycles. The van der Waals surface area contributed by atoms with Crippen molar-refractivity contribution in [1.82, 2.24) is 15.3 Å². The van der Waals surface area contributed by atoms with Crippen LogP contribution in [0.1, 0.15) is 33.3 Å². The number of ether oxygens (including phenoxy) is 1. The van der Waals surface area contributed by atoms with E-state index in [-0.39, 0.29) is 0 Å². The molecule has 0 saturated heterocycles. The highest BCUT2D eigenvalue weighted by Gasteiger charge is 2.07. The third-order valence-corrected chi connectivity index (χ3v) is 2.95. The van der Waals surface area contributed by atoms with Gasteiger partial charge in [0.1, 0.15) is 0 Å². The maximum absolute atomic E-state index is 5.38. The zero-order valence-electron chi connectivity index (χ0n) is 13.2. The van der Waals surface area contributed by atoms with Crippen molar-refractivity contribution in [3.8, 4) is 0 Å². The van der Waals surface area contributed by atoms with Crippen LogP contribution in [0.15, 0.2) is 12.4 Å². The highest BCUT2D eigenvalue weighted by Crippen LogP contribution is 2.06. The van der Waals surface area contributed by atoms with E-state index in [1.54, 1.807) is 0 Å². The van der Waals surface area contributed by atoms with Crippen LogP contribution in [0.3, 0.4) is 0 Å². The van der Waals surface area contributed by atoms with E-state index in [0.29, 0.717) is 12.5 Å². The van der Waals surface area contributed by atoms with Gasteiger partial charge in [-0.15, -0.1) is 0 Å². The van der Waals surface area contributed by atoms with Crippen molar-refractivity contribution in [2.45, 2.75) is 34.2 Å². The van der Waals surface area contributed by atoms with Crippen molar-refractivity contribution in [2.24, 2.45) is 5.92 Å². The van der Waals surface area contributed by atoms with Crippen molar-refractivity contribution in [2.75, 3.05) is 37.7 Å². The highest BCUT2D eigenvalue weighted by atomic mass is 16.5. The van der Waals surface area contributed by atoms with Gasteiger partial charge in [0.15, 0.2) is 0 Å². The molecule has 1 rings (SSSR count). The largest absolute Gasteiger partial charge is 0.380 e. The monoisotopic (exact) mass is 280 g/mol. The summed E-state index contributed by atoms with van der Waals surface area (Å²) in [7, 11) is 0. The molecule has 0 unspecified atom stereocenters. The van der Waals surface area contributed by atoms with E-state index >= 15 is 0 Å². The van der Waals surface area contributed by atoms with Gasteiger partial charge in [0, 0.05) is 44.2 Å². The molecule has 0 atom stereocenters. The summed E-state index contributed by atoms with van der Waals surface area (Å²) in [4.78, 5) is 11.0. The first-order valence-electron chi connectivity index (χ1n) is 7.51. The molecule has 5 heteroatoms. The quantitative estimate of drug-likeness (QED) is 0.665. The lowest BCUT2D eigenvalue weighted by molar-refractivity contribution is 0.153. The van der Waals surface area contributed by atoms with Gasteiger partial charge in [-0.2, -0.15) is 0 Å². The Hall–Kier alpha value is -1.20. The molecule has 20 heavy (non-hydrogen) atoms. The minimum Gasteiger partial charge on any atom is -0.380 e. The number of rotatable bonds is 10. The normalized spacial score (nSPS) is 11.1. The molecule has 0 aromatic carbocycles. The fraction of sp³-hybridized carbons (Fsp3) is 0.733. The van der Waals surface area contributed by atoms with E-state index in [9.17, 15) is 0 Å². The third kappa shape index (κ3) is 6.30. The van der Waals surface area contributed by atoms with E-state index in [4.69, 9.17) is 4.74 Å². The smallest absolute Gasteiger partial charge is 0.225 e. The fourth-order valence-corrected chi connectivity index (χ4v) is 1.83. The van der Waals surface area contributed by atoms with Crippen molar-refractivity contribution in [3.63, 3.8) is 0 Å². The number of hydrogen-bond donors (Lipinski definition) is 1. The molecular weight excluding hydrogens is 252 g/mol. The maximum atomic E-state index is 5.38. The van der Waals surface area contributed by atoms with Crippen LogP contribution in [0, 0.1) is 5.92 Å². The number of nitrogens with zero attached hydrogens (tertiary/aromatic N) is 3. The molecule has 0 aliphatic rings. The number of hydrogen-bond acceptors (Lipinski definition) is 5. The standard InChI is InChI=1S/C15H28N4O/c1-5-19(7-8-20-6-2)15-17-11-14(12-18-15)10-16-9-13(3)4/h11-13,16H,5-10H2,1-4H3. The zero-order valence-corrected chi connectivity index (χ0v) is 13.2. The number of likely N-dealkylation sites (N-methyl/N-ethyl adjacent to an activating group) is 1. The van der Waals surface area contributed by atoms with Crippen molar-refractivity contribution in [1.29, 1.82) is 0 Å². The van der Waals surface area contributed by atoms with Gasteiger partial charge in [0.2, 0.25) is 5.95 Å². The summed E-state index contributed by atoms with van der Waals surface area (Å²) in [6.07, 6.45) is 3.80. The Morgan fingerprint density at radius 3 is 2.50 bits per heavy atom. The van der Waals surface area contributed by atoms with Gasteiger partial charge in [-0.3, -0.25) is 0 Å². The summed E-state index contributed by atoms with van der Waals surface area (Å²) in [5.74, 6) is 1.43. The van der Waals surface area contributed by atoms with E-state index in [1.165, 1.54) is 0 Å². The summed E-state index contributed by atoms with van der Waals surface area (Å²) >= 11 is 0. The minimum absolute atomic E-state index is 0.657. The molecule has 0 saturated carbocycles.